The molecule has 3 rings (SSSR count). The van der Waals surface area contributed by atoms with Gasteiger partial charge in [-0.1, -0.05) is 23.4 Å². The molecular formula is C14H11N3O2S. The molecule has 1 heterocycles. The molecule has 0 saturated heterocycles. The fourth-order valence-corrected chi connectivity index (χ4v) is 2.74. The summed E-state index contributed by atoms with van der Waals surface area (Å²) in [4.78, 5) is 12.3. The summed E-state index contributed by atoms with van der Waals surface area (Å²) in [5.41, 5.74) is 2.29. The first-order chi connectivity index (χ1) is 9.72. The van der Waals surface area contributed by atoms with Crippen molar-refractivity contribution in [3.63, 3.8) is 0 Å². The van der Waals surface area contributed by atoms with Crippen LogP contribution in [0.15, 0.2) is 47.4 Å². The molecule has 0 fully saturated rings. The third-order valence-electron chi connectivity index (χ3n) is 3.02. The zero-order valence-electron chi connectivity index (χ0n) is 10.6. The number of fused-ring (bicyclic) bond motifs is 1. The van der Waals surface area contributed by atoms with Crippen LogP contribution < -0.4 is 0 Å². The van der Waals surface area contributed by atoms with Gasteiger partial charge in [0, 0.05) is 4.90 Å². The molecule has 0 aliphatic carbocycles. The van der Waals surface area contributed by atoms with E-state index in [0.717, 1.165) is 11.0 Å². The van der Waals surface area contributed by atoms with Crippen LogP contribution in [0.2, 0.25) is 0 Å². The third kappa shape index (κ3) is 1.94. The zero-order chi connectivity index (χ0) is 14.1. The van der Waals surface area contributed by atoms with Crippen LogP contribution in [-0.2, 0) is 0 Å². The Hall–Kier alpha value is -2.34. The Bertz CT molecular complexity index is 798. The lowest BCUT2D eigenvalue weighted by Crippen LogP contribution is -2.08. The van der Waals surface area contributed by atoms with Crippen molar-refractivity contribution < 1.29 is 9.90 Å². The van der Waals surface area contributed by atoms with Gasteiger partial charge in [-0.05, 0) is 30.5 Å². The maximum absolute atomic E-state index is 11.6. The fraction of sp³-hybridized carbons (Fsp3) is 0.0714. The standard InChI is InChI=1S/C14H11N3O2S/c1-20-12-8-4-7-11(13(12)14(18)19)17-10-6-3-2-5-9(10)15-16-17/h2-8H,1H3,(H,18,19). The number of para-hydroxylation sites is 1. The third-order valence-corrected chi connectivity index (χ3v) is 3.80. The van der Waals surface area contributed by atoms with E-state index in [0.29, 0.717) is 10.6 Å². The van der Waals surface area contributed by atoms with Crippen LogP contribution >= 0.6 is 11.8 Å². The average Bonchev–Trinajstić information content (AvgIpc) is 2.90. The normalized spacial score (nSPS) is 10.8. The monoisotopic (exact) mass is 285 g/mol. The Labute approximate surface area is 119 Å². The molecule has 0 atom stereocenters. The highest BCUT2D eigenvalue weighted by molar-refractivity contribution is 7.98. The van der Waals surface area contributed by atoms with E-state index >= 15 is 0 Å². The van der Waals surface area contributed by atoms with E-state index in [2.05, 4.69) is 10.3 Å². The molecule has 1 aromatic heterocycles. The van der Waals surface area contributed by atoms with Gasteiger partial charge in [0.25, 0.3) is 0 Å². The summed E-state index contributed by atoms with van der Waals surface area (Å²) < 4.78 is 1.57. The molecule has 100 valence electrons. The Morgan fingerprint density at radius 1 is 1.20 bits per heavy atom. The van der Waals surface area contributed by atoms with Crippen LogP contribution in [0.5, 0.6) is 0 Å². The van der Waals surface area contributed by atoms with Crippen molar-refractivity contribution in [1.29, 1.82) is 0 Å². The number of thioether (sulfide) groups is 1. The number of nitrogens with zero attached hydrogens (tertiary/aromatic N) is 3. The topological polar surface area (TPSA) is 68.0 Å². The van der Waals surface area contributed by atoms with Crippen LogP contribution in [0.1, 0.15) is 10.4 Å². The average molecular weight is 285 g/mol. The van der Waals surface area contributed by atoms with E-state index in [1.807, 2.05) is 36.6 Å². The van der Waals surface area contributed by atoms with E-state index in [1.54, 1.807) is 16.8 Å². The summed E-state index contributed by atoms with van der Waals surface area (Å²) in [6.07, 6.45) is 1.85. The highest BCUT2D eigenvalue weighted by atomic mass is 32.2. The molecule has 0 aliphatic rings. The molecule has 0 bridgehead atoms. The first-order valence-corrected chi connectivity index (χ1v) is 7.16. The van der Waals surface area contributed by atoms with Crippen LogP contribution in [0.25, 0.3) is 16.7 Å². The van der Waals surface area contributed by atoms with Gasteiger partial charge in [0.15, 0.2) is 0 Å². The second-order valence-electron chi connectivity index (χ2n) is 4.15. The molecule has 3 aromatic rings. The van der Waals surface area contributed by atoms with Gasteiger partial charge < -0.3 is 5.11 Å². The SMILES string of the molecule is CSc1cccc(-n2nnc3ccccc32)c1C(=O)O. The first-order valence-electron chi connectivity index (χ1n) is 5.93. The summed E-state index contributed by atoms with van der Waals surface area (Å²) in [5, 5.41) is 17.6. The van der Waals surface area contributed by atoms with E-state index < -0.39 is 5.97 Å². The number of carboxylic acid groups (broad SMARTS) is 1. The molecule has 0 spiro atoms. The second kappa shape index (κ2) is 4.97. The molecule has 0 aliphatic heterocycles. The number of rotatable bonds is 3. The lowest BCUT2D eigenvalue weighted by molar-refractivity contribution is 0.0693. The minimum Gasteiger partial charge on any atom is -0.478 e. The molecule has 0 unspecified atom stereocenters. The largest absolute Gasteiger partial charge is 0.478 e. The van der Waals surface area contributed by atoms with E-state index in [1.165, 1.54) is 11.8 Å². The summed E-state index contributed by atoms with van der Waals surface area (Å²) >= 11 is 1.40. The number of carbonyl (C=O) groups is 1. The lowest BCUT2D eigenvalue weighted by atomic mass is 10.1. The zero-order valence-corrected chi connectivity index (χ0v) is 11.5. The van der Waals surface area contributed by atoms with Gasteiger partial charge in [-0.15, -0.1) is 16.9 Å². The number of aromatic nitrogens is 3. The van der Waals surface area contributed by atoms with Gasteiger partial charge >= 0.3 is 5.97 Å². The highest BCUT2D eigenvalue weighted by Gasteiger charge is 2.18. The van der Waals surface area contributed by atoms with E-state index in [4.69, 9.17) is 0 Å². The van der Waals surface area contributed by atoms with Crippen LogP contribution in [-0.4, -0.2) is 32.3 Å². The highest BCUT2D eigenvalue weighted by Crippen LogP contribution is 2.27. The van der Waals surface area contributed by atoms with Crippen molar-refractivity contribution in [2.24, 2.45) is 0 Å². The Morgan fingerprint density at radius 2 is 2.00 bits per heavy atom. The minimum atomic E-state index is -0.968. The predicted octanol–water partition coefficient (Wildman–Crippen LogP) is 2.84. The van der Waals surface area contributed by atoms with Gasteiger partial charge in [-0.3, -0.25) is 0 Å². The Kier molecular flexibility index (Phi) is 3.15. The maximum Gasteiger partial charge on any atom is 0.339 e. The molecule has 1 N–H and O–H groups in total. The summed E-state index contributed by atoms with van der Waals surface area (Å²) in [7, 11) is 0. The smallest absolute Gasteiger partial charge is 0.339 e. The van der Waals surface area contributed by atoms with Crippen LogP contribution in [0.4, 0.5) is 0 Å². The van der Waals surface area contributed by atoms with Crippen molar-refractivity contribution in [2.45, 2.75) is 4.90 Å². The maximum atomic E-state index is 11.6. The van der Waals surface area contributed by atoms with Crippen molar-refractivity contribution in [3.8, 4) is 5.69 Å². The van der Waals surface area contributed by atoms with Gasteiger partial charge in [-0.2, -0.15) is 0 Å². The van der Waals surface area contributed by atoms with Gasteiger partial charge in [-0.25, -0.2) is 9.48 Å². The molecule has 0 saturated carbocycles. The number of hydrogen-bond donors (Lipinski definition) is 1. The van der Waals surface area contributed by atoms with Crippen molar-refractivity contribution >= 4 is 28.8 Å². The molecule has 0 amide bonds. The first kappa shape index (κ1) is 12.7. The number of carboxylic acids is 1. The molecule has 2 aromatic carbocycles. The van der Waals surface area contributed by atoms with E-state index in [9.17, 15) is 9.90 Å². The van der Waals surface area contributed by atoms with Crippen LogP contribution in [0, 0.1) is 0 Å². The quantitative estimate of drug-likeness (QED) is 0.749. The van der Waals surface area contributed by atoms with Gasteiger partial charge in [0.1, 0.15) is 5.52 Å². The molecule has 5 nitrogen and oxygen atoms in total. The predicted molar refractivity (Wildman–Crippen MR) is 77.6 cm³/mol. The summed E-state index contributed by atoms with van der Waals surface area (Å²) in [5.74, 6) is -0.968. The molecule has 20 heavy (non-hydrogen) atoms. The summed E-state index contributed by atoms with van der Waals surface area (Å²) in [6.45, 7) is 0. The fourth-order valence-electron chi connectivity index (χ4n) is 2.13. The summed E-state index contributed by atoms with van der Waals surface area (Å²) in [6, 6.07) is 12.8. The van der Waals surface area contributed by atoms with Gasteiger partial charge in [0.2, 0.25) is 0 Å². The van der Waals surface area contributed by atoms with Crippen molar-refractivity contribution in [2.75, 3.05) is 6.26 Å². The van der Waals surface area contributed by atoms with E-state index in [-0.39, 0.29) is 5.56 Å². The number of benzene rings is 2. The van der Waals surface area contributed by atoms with Crippen molar-refractivity contribution in [1.82, 2.24) is 15.0 Å². The Balaban J connectivity index is 2.32. The van der Waals surface area contributed by atoms with Crippen molar-refractivity contribution in [3.05, 3.63) is 48.0 Å². The number of hydrogen-bond acceptors (Lipinski definition) is 4. The van der Waals surface area contributed by atoms with Gasteiger partial charge in [0.05, 0.1) is 16.8 Å². The molecule has 6 heteroatoms. The van der Waals surface area contributed by atoms with Crippen LogP contribution in [0.3, 0.4) is 0 Å². The Morgan fingerprint density at radius 3 is 2.75 bits per heavy atom. The molecule has 0 radical (unpaired) electrons. The number of aromatic carboxylic acids is 1. The lowest BCUT2D eigenvalue weighted by Gasteiger charge is -2.10. The second-order valence-corrected chi connectivity index (χ2v) is 5.00. The minimum absolute atomic E-state index is 0.246. The molecular weight excluding hydrogens is 274 g/mol.